The van der Waals surface area contributed by atoms with E-state index in [0.29, 0.717) is 23.4 Å². The first-order valence-electron chi connectivity index (χ1n) is 8.00. The van der Waals surface area contributed by atoms with Gasteiger partial charge in [0.15, 0.2) is 0 Å². The Balaban J connectivity index is 1.86. The molecule has 0 aliphatic carbocycles. The minimum atomic E-state index is -0.290. The summed E-state index contributed by atoms with van der Waals surface area (Å²) in [5.74, 6) is -0.611. The molecule has 7 heteroatoms. The van der Waals surface area contributed by atoms with Crippen molar-refractivity contribution in [1.82, 2.24) is 5.32 Å². The van der Waals surface area contributed by atoms with Crippen molar-refractivity contribution in [3.63, 3.8) is 0 Å². The van der Waals surface area contributed by atoms with Crippen LogP contribution in [0.4, 0.5) is 11.4 Å². The Morgan fingerprint density at radius 2 is 1.88 bits per heavy atom. The van der Waals surface area contributed by atoms with Gasteiger partial charge in [-0.1, -0.05) is 13.0 Å². The fourth-order valence-electron chi connectivity index (χ4n) is 2.08. The molecular formula is C18H21N3O4. The van der Waals surface area contributed by atoms with Crippen LogP contribution in [0.25, 0.3) is 0 Å². The van der Waals surface area contributed by atoms with E-state index < -0.39 is 0 Å². The maximum absolute atomic E-state index is 12.1. The van der Waals surface area contributed by atoms with Crippen molar-refractivity contribution in [2.75, 3.05) is 17.2 Å². The molecule has 25 heavy (non-hydrogen) atoms. The summed E-state index contributed by atoms with van der Waals surface area (Å²) in [6.07, 6.45) is 3.27. The first kappa shape index (κ1) is 18.3. The first-order chi connectivity index (χ1) is 12.0. The van der Waals surface area contributed by atoms with Crippen molar-refractivity contribution in [3.05, 3.63) is 47.9 Å². The van der Waals surface area contributed by atoms with E-state index in [0.717, 1.165) is 5.56 Å². The van der Waals surface area contributed by atoms with Gasteiger partial charge >= 0.3 is 0 Å². The Morgan fingerprint density at radius 3 is 2.56 bits per heavy atom. The molecule has 0 saturated heterocycles. The highest BCUT2D eigenvalue weighted by Crippen LogP contribution is 2.20. The molecule has 3 amide bonds. The third-order valence-corrected chi connectivity index (χ3v) is 3.54. The van der Waals surface area contributed by atoms with Crippen molar-refractivity contribution in [2.24, 2.45) is 0 Å². The smallest absolute Gasteiger partial charge is 0.254 e. The zero-order chi connectivity index (χ0) is 18.2. The van der Waals surface area contributed by atoms with E-state index in [1.54, 1.807) is 25.1 Å². The average molecular weight is 343 g/mol. The number of hydrogen-bond donors (Lipinski definition) is 3. The molecule has 0 fully saturated rings. The molecule has 7 nitrogen and oxygen atoms in total. The molecule has 0 bridgehead atoms. The van der Waals surface area contributed by atoms with E-state index in [4.69, 9.17) is 4.42 Å². The Morgan fingerprint density at radius 1 is 1.08 bits per heavy atom. The summed E-state index contributed by atoms with van der Waals surface area (Å²) in [7, 11) is 0. The summed E-state index contributed by atoms with van der Waals surface area (Å²) < 4.78 is 4.83. The highest BCUT2D eigenvalue weighted by molar-refractivity contribution is 5.96. The van der Waals surface area contributed by atoms with Gasteiger partial charge in [-0.25, -0.2) is 0 Å². The minimum Gasteiger partial charge on any atom is -0.472 e. The summed E-state index contributed by atoms with van der Waals surface area (Å²) in [6.45, 7) is 3.84. The second-order valence-corrected chi connectivity index (χ2v) is 5.50. The van der Waals surface area contributed by atoms with Crippen molar-refractivity contribution in [3.8, 4) is 0 Å². The van der Waals surface area contributed by atoms with Crippen molar-refractivity contribution < 1.29 is 18.8 Å². The molecule has 1 aromatic carbocycles. The van der Waals surface area contributed by atoms with Gasteiger partial charge in [-0.15, -0.1) is 0 Å². The lowest BCUT2D eigenvalue weighted by Gasteiger charge is -2.11. The van der Waals surface area contributed by atoms with E-state index in [1.165, 1.54) is 12.5 Å². The summed E-state index contributed by atoms with van der Waals surface area (Å²) in [5.41, 5.74) is 2.54. The van der Waals surface area contributed by atoms with Gasteiger partial charge in [-0.3, -0.25) is 14.4 Å². The van der Waals surface area contributed by atoms with Crippen LogP contribution in [-0.4, -0.2) is 24.3 Å². The second-order valence-electron chi connectivity index (χ2n) is 5.50. The van der Waals surface area contributed by atoms with Crippen LogP contribution in [0.15, 0.2) is 41.2 Å². The van der Waals surface area contributed by atoms with Crippen molar-refractivity contribution in [1.29, 1.82) is 0 Å². The lowest BCUT2D eigenvalue weighted by atomic mass is 10.1. The van der Waals surface area contributed by atoms with Gasteiger partial charge in [0.25, 0.3) is 5.91 Å². The van der Waals surface area contributed by atoms with E-state index in [1.807, 2.05) is 13.0 Å². The fourth-order valence-corrected chi connectivity index (χ4v) is 2.08. The number of carbonyl (C=O) groups is 3. The maximum atomic E-state index is 12.1. The summed E-state index contributed by atoms with van der Waals surface area (Å²) in [4.78, 5) is 35.2. The molecule has 0 spiro atoms. The van der Waals surface area contributed by atoms with Crippen LogP contribution < -0.4 is 16.0 Å². The minimum absolute atomic E-state index is 0.0944. The van der Waals surface area contributed by atoms with Crippen molar-refractivity contribution in [2.45, 2.75) is 26.7 Å². The first-order valence-corrected chi connectivity index (χ1v) is 8.00. The zero-order valence-corrected chi connectivity index (χ0v) is 14.2. The van der Waals surface area contributed by atoms with Gasteiger partial charge in [0, 0.05) is 30.8 Å². The van der Waals surface area contributed by atoms with Gasteiger partial charge in [0.2, 0.25) is 11.8 Å². The molecular weight excluding hydrogens is 322 g/mol. The molecule has 0 atom stereocenters. The van der Waals surface area contributed by atoms with Crippen LogP contribution in [0, 0.1) is 6.92 Å². The molecule has 2 rings (SSSR count). The van der Waals surface area contributed by atoms with Gasteiger partial charge in [0.05, 0.1) is 11.8 Å². The molecule has 132 valence electrons. The molecule has 2 aromatic rings. The molecule has 0 radical (unpaired) electrons. The topological polar surface area (TPSA) is 100 Å². The van der Waals surface area contributed by atoms with Crippen LogP contribution in [0.1, 0.15) is 35.7 Å². The number of amides is 3. The lowest BCUT2D eigenvalue weighted by Crippen LogP contribution is -2.27. The Kier molecular flexibility index (Phi) is 6.33. The molecule has 0 aliphatic heterocycles. The maximum Gasteiger partial charge on any atom is 0.254 e. The number of benzene rings is 1. The van der Waals surface area contributed by atoms with E-state index in [9.17, 15) is 14.4 Å². The molecule has 0 unspecified atom stereocenters. The number of rotatable bonds is 7. The highest BCUT2D eigenvalue weighted by atomic mass is 16.3. The number of nitrogens with one attached hydrogen (secondary N) is 3. The largest absolute Gasteiger partial charge is 0.472 e. The van der Waals surface area contributed by atoms with Crippen LogP contribution in [0.2, 0.25) is 0 Å². The van der Waals surface area contributed by atoms with E-state index in [-0.39, 0.29) is 30.7 Å². The Hall–Kier alpha value is -3.09. The number of aryl methyl sites for hydroxylation is 1. The predicted molar refractivity (Wildman–Crippen MR) is 94.4 cm³/mol. The Labute approximate surface area is 145 Å². The second kappa shape index (κ2) is 8.68. The molecule has 0 aliphatic rings. The number of hydrogen-bond acceptors (Lipinski definition) is 4. The van der Waals surface area contributed by atoms with Crippen LogP contribution >= 0.6 is 0 Å². The highest BCUT2D eigenvalue weighted by Gasteiger charge is 2.09. The van der Waals surface area contributed by atoms with Crippen molar-refractivity contribution >= 4 is 29.1 Å². The zero-order valence-electron chi connectivity index (χ0n) is 14.2. The quantitative estimate of drug-likeness (QED) is 0.719. The Bertz CT molecular complexity index is 754. The van der Waals surface area contributed by atoms with Crippen LogP contribution in [0.3, 0.4) is 0 Å². The lowest BCUT2D eigenvalue weighted by molar-refractivity contribution is -0.116. The SMILES string of the molecule is CCC(=O)Nc1ccc(C)c(NC(=O)CCNC(=O)c2ccoc2)c1. The number of anilines is 2. The number of furan rings is 1. The van der Waals surface area contributed by atoms with Gasteiger partial charge < -0.3 is 20.4 Å². The fraction of sp³-hybridized carbons (Fsp3) is 0.278. The molecule has 0 saturated carbocycles. The summed E-state index contributed by atoms with van der Waals surface area (Å²) >= 11 is 0. The predicted octanol–water partition coefficient (Wildman–Crippen LogP) is 2.70. The summed E-state index contributed by atoms with van der Waals surface area (Å²) in [5, 5.41) is 8.19. The normalized spacial score (nSPS) is 10.2. The van der Waals surface area contributed by atoms with Gasteiger partial charge in [-0.05, 0) is 30.7 Å². The van der Waals surface area contributed by atoms with Gasteiger partial charge in [-0.2, -0.15) is 0 Å². The van der Waals surface area contributed by atoms with Gasteiger partial charge in [0.1, 0.15) is 6.26 Å². The third-order valence-electron chi connectivity index (χ3n) is 3.54. The molecule has 1 heterocycles. The van der Waals surface area contributed by atoms with E-state index in [2.05, 4.69) is 16.0 Å². The van der Waals surface area contributed by atoms with Crippen LogP contribution in [0.5, 0.6) is 0 Å². The standard InChI is InChI=1S/C18H21N3O4/c1-3-16(22)20-14-5-4-12(2)15(10-14)21-17(23)6-8-19-18(24)13-7-9-25-11-13/h4-5,7,9-11H,3,6,8H2,1-2H3,(H,19,24)(H,20,22)(H,21,23). The molecule has 1 aromatic heterocycles. The monoisotopic (exact) mass is 343 g/mol. The summed E-state index contributed by atoms with van der Waals surface area (Å²) in [6, 6.07) is 6.87. The molecule has 3 N–H and O–H groups in total. The van der Waals surface area contributed by atoms with Crippen LogP contribution in [-0.2, 0) is 9.59 Å². The average Bonchev–Trinajstić information content (AvgIpc) is 3.12. The van der Waals surface area contributed by atoms with E-state index >= 15 is 0 Å². The third kappa shape index (κ3) is 5.49. The number of carbonyl (C=O) groups excluding carboxylic acids is 3.